The summed E-state index contributed by atoms with van der Waals surface area (Å²) >= 11 is 0. The van der Waals surface area contributed by atoms with Crippen LogP contribution in [0.5, 0.6) is 0 Å². The number of amides is 1. The van der Waals surface area contributed by atoms with Gasteiger partial charge in [-0.25, -0.2) is 0 Å². The molecule has 0 saturated carbocycles. The van der Waals surface area contributed by atoms with Crippen LogP contribution in [0.25, 0.3) is 0 Å². The van der Waals surface area contributed by atoms with Gasteiger partial charge in [0.05, 0.1) is 31.5 Å². The molecule has 1 amide bonds. The zero-order valence-corrected chi connectivity index (χ0v) is 11.8. The van der Waals surface area contributed by atoms with E-state index in [1.54, 1.807) is 4.90 Å². The van der Waals surface area contributed by atoms with Gasteiger partial charge >= 0.3 is 0 Å². The second-order valence-electron chi connectivity index (χ2n) is 5.10. The second kappa shape index (κ2) is 9.30. The molecule has 0 bridgehead atoms. The Morgan fingerprint density at radius 1 is 1.20 bits per heavy atom. The molecule has 20 heavy (non-hydrogen) atoms. The average molecular weight is 278 g/mol. The molecule has 0 radical (unpaired) electrons. The maximum atomic E-state index is 12.2. The molecule has 0 unspecified atom stereocenters. The lowest BCUT2D eigenvalue weighted by molar-refractivity contribution is -0.132. The third-order valence-electron chi connectivity index (χ3n) is 3.66. The third kappa shape index (κ3) is 5.56. The Labute approximate surface area is 120 Å². The SMILES string of the molecule is N#CCCN(CCC#N)C(=O)CN1CCC(CO)CC1. The van der Waals surface area contributed by atoms with E-state index < -0.39 is 0 Å². The summed E-state index contributed by atoms with van der Waals surface area (Å²) in [5, 5.41) is 26.3. The van der Waals surface area contributed by atoms with Crippen LogP contribution in [-0.2, 0) is 4.79 Å². The highest BCUT2D eigenvalue weighted by atomic mass is 16.3. The van der Waals surface area contributed by atoms with E-state index >= 15 is 0 Å². The molecule has 0 aliphatic carbocycles. The van der Waals surface area contributed by atoms with E-state index in [-0.39, 0.29) is 12.5 Å². The fourth-order valence-electron chi connectivity index (χ4n) is 2.35. The van der Waals surface area contributed by atoms with E-state index in [0.717, 1.165) is 25.9 Å². The minimum Gasteiger partial charge on any atom is -0.396 e. The molecule has 1 fully saturated rings. The zero-order chi connectivity index (χ0) is 14.8. The number of likely N-dealkylation sites (tertiary alicyclic amines) is 1. The van der Waals surface area contributed by atoms with Crippen LogP contribution in [0.1, 0.15) is 25.7 Å². The Hall–Kier alpha value is -1.63. The number of piperidine rings is 1. The topological polar surface area (TPSA) is 91.4 Å². The van der Waals surface area contributed by atoms with E-state index in [1.807, 2.05) is 12.1 Å². The number of aliphatic hydroxyl groups excluding tert-OH is 1. The Morgan fingerprint density at radius 2 is 1.75 bits per heavy atom. The van der Waals surface area contributed by atoms with Crippen molar-refractivity contribution in [3.8, 4) is 12.1 Å². The Balaban J connectivity index is 2.41. The number of aliphatic hydroxyl groups is 1. The number of nitriles is 2. The van der Waals surface area contributed by atoms with Gasteiger partial charge in [0.1, 0.15) is 0 Å². The maximum absolute atomic E-state index is 12.2. The predicted molar refractivity (Wildman–Crippen MR) is 73.3 cm³/mol. The molecule has 6 nitrogen and oxygen atoms in total. The summed E-state index contributed by atoms with van der Waals surface area (Å²) in [4.78, 5) is 15.9. The summed E-state index contributed by atoms with van der Waals surface area (Å²) < 4.78 is 0. The molecule has 1 saturated heterocycles. The van der Waals surface area contributed by atoms with Crippen LogP contribution in [-0.4, -0.2) is 60.1 Å². The van der Waals surface area contributed by atoms with Gasteiger partial charge < -0.3 is 10.0 Å². The number of nitrogens with zero attached hydrogens (tertiary/aromatic N) is 4. The Bertz CT molecular complexity index is 360. The number of carbonyl (C=O) groups excluding carboxylic acids is 1. The van der Waals surface area contributed by atoms with Gasteiger partial charge in [0, 0.05) is 19.7 Å². The predicted octanol–water partition coefficient (Wildman–Crippen LogP) is 0.347. The quantitative estimate of drug-likeness (QED) is 0.725. The highest BCUT2D eigenvalue weighted by Gasteiger charge is 2.22. The summed E-state index contributed by atoms with van der Waals surface area (Å²) in [6.45, 7) is 2.99. The first kappa shape index (κ1) is 16.4. The molecule has 110 valence electrons. The first-order chi connectivity index (χ1) is 9.71. The van der Waals surface area contributed by atoms with Gasteiger partial charge in [-0.1, -0.05) is 0 Å². The first-order valence-corrected chi connectivity index (χ1v) is 7.06. The van der Waals surface area contributed by atoms with Crippen LogP contribution in [0, 0.1) is 28.6 Å². The van der Waals surface area contributed by atoms with Crippen molar-refractivity contribution in [1.82, 2.24) is 9.80 Å². The molecule has 0 atom stereocenters. The van der Waals surface area contributed by atoms with Gasteiger partial charge in [-0.2, -0.15) is 10.5 Å². The van der Waals surface area contributed by atoms with Crippen molar-refractivity contribution in [3.63, 3.8) is 0 Å². The molecule has 1 aliphatic heterocycles. The van der Waals surface area contributed by atoms with Gasteiger partial charge in [-0.05, 0) is 31.8 Å². The molecule has 1 aliphatic rings. The second-order valence-corrected chi connectivity index (χ2v) is 5.10. The van der Waals surface area contributed by atoms with E-state index in [1.165, 1.54) is 0 Å². The van der Waals surface area contributed by atoms with Crippen molar-refractivity contribution in [3.05, 3.63) is 0 Å². The van der Waals surface area contributed by atoms with E-state index in [0.29, 0.717) is 38.4 Å². The van der Waals surface area contributed by atoms with E-state index in [2.05, 4.69) is 4.90 Å². The lowest BCUT2D eigenvalue weighted by Gasteiger charge is -2.32. The average Bonchev–Trinajstić information content (AvgIpc) is 2.48. The van der Waals surface area contributed by atoms with Crippen LogP contribution >= 0.6 is 0 Å². The van der Waals surface area contributed by atoms with Gasteiger partial charge in [-0.3, -0.25) is 9.69 Å². The molecular formula is C14H22N4O2. The van der Waals surface area contributed by atoms with Crippen LogP contribution in [0.2, 0.25) is 0 Å². The standard InChI is InChI=1S/C14H22N4O2/c15-5-1-7-18(8-2-6-16)14(20)11-17-9-3-13(12-19)4-10-17/h13,19H,1-4,7-12H2. The number of rotatable bonds is 7. The lowest BCUT2D eigenvalue weighted by Crippen LogP contribution is -2.44. The molecule has 0 aromatic heterocycles. The van der Waals surface area contributed by atoms with Crippen LogP contribution in [0.15, 0.2) is 0 Å². The van der Waals surface area contributed by atoms with Crippen molar-refractivity contribution in [1.29, 1.82) is 10.5 Å². The summed E-state index contributed by atoms with van der Waals surface area (Å²) in [5.41, 5.74) is 0. The van der Waals surface area contributed by atoms with Gasteiger partial charge in [0.15, 0.2) is 0 Å². The molecule has 0 aromatic rings. The lowest BCUT2D eigenvalue weighted by atomic mass is 9.98. The molecule has 1 N–H and O–H groups in total. The minimum absolute atomic E-state index is 0.0158. The number of carbonyl (C=O) groups is 1. The van der Waals surface area contributed by atoms with E-state index in [4.69, 9.17) is 15.6 Å². The molecule has 1 rings (SSSR count). The van der Waals surface area contributed by atoms with Crippen molar-refractivity contribution >= 4 is 5.91 Å². The number of hydrogen-bond donors (Lipinski definition) is 1. The van der Waals surface area contributed by atoms with E-state index in [9.17, 15) is 4.79 Å². The summed E-state index contributed by atoms with van der Waals surface area (Å²) in [7, 11) is 0. The molecule has 1 heterocycles. The summed E-state index contributed by atoms with van der Waals surface area (Å²) in [5.74, 6) is 0.340. The highest BCUT2D eigenvalue weighted by Crippen LogP contribution is 2.16. The highest BCUT2D eigenvalue weighted by molar-refractivity contribution is 5.78. The van der Waals surface area contributed by atoms with Gasteiger partial charge in [-0.15, -0.1) is 0 Å². The summed E-state index contributed by atoms with van der Waals surface area (Å²) in [6.07, 6.45) is 2.42. The smallest absolute Gasteiger partial charge is 0.236 e. The molecule has 0 aromatic carbocycles. The zero-order valence-electron chi connectivity index (χ0n) is 11.8. The third-order valence-corrected chi connectivity index (χ3v) is 3.66. The van der Waals surface area contributed by atoms with Gasteiger partial charge in [0.2, 0.25) is 5.91 Å². The maximum Gasteiger partial charge on any atom is 0.236 e. The Kier molecular flexibility index (Phi) is 7.64. The van der Waals surface area contributed by atoms with Crippen molar-refractivity contribution in [2.75, 3.05) is 39.3 Å². The molecule has 6 heteroatoms. The van der Waals surface area contributed by atoms with Gasteiger partial charge in [0.25, 0.3) is 0 Å². The molecule has 0 spiro atoms. The van der Waals surface area contributed by atoms with Crippen LogP contribution in [0.4, 0.5) is 0 Å². The van der Waals surface area contributed by atoms with Crippen molar-refractivity contribution in [2.24, 2.45) is 5.92 Å². The fourth-order valence-corrected chi connectivity index (χ4v) is 2.35. The minimum atomic E-state index is -0.0158. The van der Waals surface area contributed by atoms with Crippen LogP contribution < -0.4 is 0 Å². The molecular weight excluding hydrogens is 256 g/mol. The van der Waals surface area contributed by atoms with Crippen molar-refractivity contribution in [2.45, 2.75) is 25.7 Å². The monoisotopic (exact) mass is 278 g/mol. The number of hydrogen-bond acceptors (Lipinski definition) is 5. The first-order valence-electron chi connectivity index (χ1n) is 7.06. The summed E-state index contributed by atoms with van der Waals surface area (Å²) in [6, 6.07) is 4.06. The Morgan fingerprint density at radius 3 is 2.20 bits per heavy atom. The normalized spacial score (nSPS) is 16.4. The van der Waals surface area contributed by atoms with Crippen molar-refractivity contribution < 1.29 is 9.90 Å². The van der Waals surface area contributed by atoms with Crippen LogP contribution in [0.3, 0.4) is 0 Å². The fraction of sp³-hybridized carbons (Fsp3) is 0.786. The largest absolute Gasteiger partial charge is 0.396 e.